The second-order valence-corrected chi connectivity index (χ2v) is 18.0. The number of rotatable bonds is 7. The standard InChI is InChI=1S/C66H43N3/c1-4-18-44(19-5-1)60-43-50(38-41-54(60)57-28-16-29-58-55-26-12-14-31-62(55)68(65(57)58)47-21-6-2-7-22-47)67(49-37-34-46-36-39-52-51-25-11-10-20-45(51)35-40-53(52)61(46)42-49)64-33-17-30-59-56-27-13-15-32-63(56)69(66(59)64)48-23-8-3-9-24-48/h1-43H. The molecule has 0 bridgehead atoms. The van der Waals surface area contributed by atoms with Crippen LogP contribution in [0.1, 0.15) is 0 Å². The molecule has 14 rings (SSSR count). The molecule has 0 saturated heterocycles. The number of benzene rings is 12. The average molecular weight is 878 g/mol. The Morgan fingerprint density at radius 3 is 1.45 bits per heavy atom. The Labute approximate surface area is 399 Å². The van der Waals surface area contributed by atoms with Gasteiger partial charge in [-0.2, -0.15) is 0 Å². The second-order valence-electron chi connectivity index (χ2n) is 18.0. The molecule has 0 saturated carbocycles. The number of hydrogen-bond donors (Lipinski definition) is 0. The summed E-state index contributed by atoms with van der Waals surface area (Å²) in [4.78, 5) is 2.50. The second kappa shape index (κ2) is 15.7. The van der Waals surface area contributed by atoms with Crippen LogP contribution in [0.25, 0.3) is 110 Å². The van der Waals surface area contributed by atoms with Gasteiger partial charge in [0.2, 0.25) is 0 Å². The van der Waals surface area contributed by atoms with Crippen LogP contribution in [0.2, 0.25) is 0 Å². The molecule has 2 aromatic heterocycles. The molecule has 0 unspecified atom stereocenters. The lowest BCUT2D eigenvalue weighted by Gasteiger charge is -2.29. The molecule has 322 valence electrons. The zero-order valence-electron chi connectivity index (χ0n) is 37.7. The van der Waals surface area contributed by atoms with Gasteiger partial charge in [-0.15, -0.1) is 0 Å². The van der Waals surface area contributed by atoms with Crippen molar-refractivity contribution in [2.45, 2.75) is 0 Å². The average Bonchev–Trinajstić information content (AvgIpc) is 3.95. The molecule has 0 aliphatic heterocycles. The van der Waals surface area contributed by atoms with E-state index in [-0.39, 0.29) is 0 Å². The lowest BCUT2D eigenvalue weighted by atomic mass is 9.92. The molecule has 14 aromatic rings. The summed E-state index contributed by atoms with van der Waals surface area (Å²) in [5.41, 5.74) is 14.9. The van der Waals surface area contributed by atoms with E-state index in [0.29, 0.717) is 0 Å². The molecule has 3 heteroatoms. The SMILES string of the molecule is c1ccc(-c2cc(N(c3ccc4ccc5c6ccccc6ccc5c4c3)c3cccc4c5ccccc5n(-c5ccccc5)c34)ccc2-c2cccc3c4ccccc4n(-c4ccccc4)c23)cc1. The molecule has 0 N–H and O–H groups in total. The van der Waals surface area contributed by atoms with Gasteiger partial charge in [-0.05, 0) is 116 Å². The lowest BCUT2D eigenvalue weighted by molar-refractivity contribution is 1.17. The first kappa shape index (κ1) is 39.0. The van der Waals surface area contributed by atoms with E-state index in [1.165, 1.54) is 81.5 Å². The van der Waals surface area contributed by atoms with E-state index >= 15 is 0 Å². The Morgan fingerprint density at radius 1 is 0.261 bits per heavy atom. The first-order valence-corrected chi connectivity index (χ1v) is 23.8. The van der Waals surface area contributed by atoms with Gasteiger partial charge in [0.1, 0.15) is 0 Å². The van der Waals surface area contributed by atoms with E-state index in [1.54, 1.807) is 0 Å². The van der Waals surface area contributed by atoms with E-state index < -0.39 is 0 Å². The summed E-state index contributed by atoms with van der Waals surface area (Å²) in [7, 11) is 0. The van der Waals surface area contributed by atoms with Crippen molar-refractivity contribution < 1.29 is 0 Å². The summed E-state index contributed by atoms with van der Waals surface area (Å²) in [5, 5.41) is 12.3. The topological polar surface area (TPSA) is 13.1 Å². The fraction of sp³-hybridized carbons (Fsp3) is 0. The highest BCUT2D eigenvalue weighted by Gasteiger charge is 2.25. The third-order valence-corrected chi connectivity index (χ3v) is 14.3. The van der Waals surface area contributed by atoms with Crippen molar-refractivity contribution in [3.8, 4) is 33.6 Å². The van der Waals surface area contributed by atoms with Crippen molar-refractivity contribution in [2.24, 2.45) is 0 Å². The first-order valence-electron chi connectivity index (χ1n) is 23.8. The van der Waals surface area contributed by atoms with Gasteiger partial charge in [-0.1, -0.05) is 194 Å². The Balaban J connectivity index is 1.08. The molecule has 0 radical (unpaired) electrons. The van der Waals surface area contributed by atoms with E-state index in [2.05, 4.69) is 275 Å². The van der Waals surface area contributed by atoms with Crippen molar-refractivity contribution in [1.82, 2.24) is 9.13 Å². The van der Waals surface area contributed by atoms with E-state index in [1.807, 2.05) is 0 Å². The third-order valence-electron chi connectivity index (χ3n) is 14.3. The predicted molar refractivity (Wildman–Crippen MR) is 293 cm³/mol. The van der Waals surface area contributed by atoms with Gasteiger partial charge in [0.15, 0.2) is 0 Å². The normalized spacial score (nSPS) is 11.8. The van der Waals surface area contributed by atoms with Crippen LogP contribution >= 0.6 is 0 Å². The first-order chi connectivity index (χ1) is 34.3. The Hall–Kier alpha value is -9.18. The van der Waals surface area contributed by atoms with E-state index in [0.717, 1.165) is 45.1 Å². The fourth-order valence-corrected chi connectivity index (χ4v) is 11.2. The van der Waals surface area contributed by atoms with Gasteiger partial charge in [-0.3, -0.25) is 0 Å². The van der Waals surface area contributed by atoms with Crippen LogP contribution in [-0.4, -0.2) is 9.13 Å². The van der Waals surface area contributed by atoms with Crippen LogP contribution in [0.15, 0.2) is 261 Å². The van der Waals surface area contributed by atoms with Crippen molar-refractivity contribution in [1.29, 1.82) is 0 Å². The van der Waals surface area contributed by atoms with Gasteiger partial charge in [-0.25, -0.2) is 0 Å². The molecule has 0 spiro atoms. The van der Waals surface area contributed by atoms with Crippen molar-refractivity contribution in [2.75, 3.05) is 4.90 Å². The maximum absolute atomic E-state index is 2.50. The molecule has 0 atom stereocenters. The maximum Gasteiger partial charge on any atom is 0.0782 e. The van der Waals surface area contributed by atoms with Gasteiger partial charge >= 0.3 is 0 Å². The van der Waals surface area contributed by atoms with Crippen molar-refractivity contribution in [3.63, 3.8) is 0 Å². The van der Waals surface area contributed by atoms with Crippen LogP contribution in [0.5, 0.6) is 0 Å². The molecule has 0 fully saturated rings. The Bertz CT molecular complexity index is 4300. The number of para-hydroxylation sites is 6. The summed E-state index contributed by atoms with van der Waals surface area (Å²) < 4.78 is 4.89. The minimum atomic E-state index is 1.07. The molecule has 3 nitrogen and oxygen atoms in total. The Morgan fingerprint density at radius 2 is 0.754 bits per heavy atom. The minimum absolute atomic E-state index is 1.07. The Kier molecular flexibility index (Phi) is 8.90. The molecular weight excluding hydrogens is 835 g/mol. The van der Waals surface area contributed by atoms with Crippen LogP contribution in [-0.2, 0) is 0 Å². The molecule has 2 heterocycles. The zero-order chi connectivity index (χ0) is 45.4. The van der Waals surface area contributed by atoms with Gasteiger partial charge in [0, 0.05) is 49.9 Å². The quantitative estimate of drug-likeness (QED) is 0.145. The summed E-state index contributed by atoms with van der Waals surface area (Å²) in [5.74, 6) is 0. The number of fused-ring (bicyclic) bond motifs is 11. The molecule has 0 aliphatic rings. The van der Waals surface area contributed by atoms with Gasteiger partial charge in [0.05, 0.1) is 27.8 Å². The largest absolute Gasteiger partial charge is 0.309 e. The lowest BCUT2D eigenvalue weighted by Crippen LogP contribution is -2.12. The van der Waals surface area contributed by atoms with Crippen LogP contribution in [0.4, 0.5) is 17.1 Å². The van der Waals surface area contributed by atoms with Gasteiger partial charge in [0.25, 0.3) is 0 Å². The number of hydrogen-bond acceptors (Lipinski definition) is 1. The van der Waals surface area contributed by atoms with Crippen LogP contribution in [0.3, 0.4) is 0 Å². The highest BCUT2D eigenvalue weighted by Crippen LogP contribution is 2.48. The highest BCUT2D eigenvalue weighted by molar-refractivity contribution is 6.19. The monoisotopic (exact) mass is 877 g/mol. The summed E-state index contributed by atoms with van der Waals surface area (Å²) in [6, 6.07) is 95.8. The number of nitrogens with zero attached hydrogens (tertiary/aromatic N) is 3. The van der Waals surface area contributed by atoms with Crippen molar-refractivity contribution >= 4 is 93.0 Å². The molecule has 0 amide bonds. The highest BCUT2D eigenvalue weighted by atomic mass is 15.2. The smallest absolute Gasteiger partial charge is 0.0782 e. The van der Waals surface area contributed by atoms with Crippen LogP contribution < -0.4 is 4.90 Å². The van der Waals surface area contributed by atoms with Crippen molar-refractivity contribution in [3.05, 3.63) is 261 Å². The van der Waals surface area contributed by atoms with E-state index in [4.69, 9.17) is 0 Å². The number of aromatic nitrogens is 2. The maximum atomic E-state index is 2.50. The molecule has 12 aromatic carbocycles. The predicted octanol–water partition coefficient (Wildman–Crippen LogP) is 18.1. The molecule has 0 aliphatic carbocycles. The van der Waals surface area contributed by atoms with E-state index in [9.17, 15) is 0 Å². The summed E-state index contributed by atoms with van der Waals surface area (Å²) in [6.45, 7) is 0. The molecule has 69 heavy (non-hydrogen) atoms. The minimum Gasteiger partial charge on any atom is -0.309 e. The number of anilines is 3. The molecular formula is C66H43N3. The fourth-order valence-electron chi connectivity index (χ4n) is 11.2. The summed E-state index contributed by atoms with van der Waals surface area (Å²) in [6.07, 6.45) is 0. The third kappa shape index (κ3) is 6.14. The summed E-state index contributed by atoms with van der Waals surface area (Å²) >= 11 is 0. The van der Waals surface area contributed by atoms with Crippen LogP contribution in [0, 0.1) is 0 Å². The van der Waals surface area contributed by atoms with Gasteiger partial charge < -0.3 is 14.0 Å². The zero-order valence-corrected chi connectivity index (χ0v) is 37.7.